The molecular weight excluding hydrogens is 422 g/mol. The van der Waals surface area contributed by atoms with Gasteiger partial charge in [0.2, 0.25) is 0 Å². The Labute approximate surface area is 189 Å². The number of β-amino-alcohol motifs (C(OH)–C–C–N with tert-alkyl or cyclic N) is 1. The van der Waals surface area contributed by atoms with E-state index in [1.54, 1.807) is 40.9 Å². The largest absolute Gasteiger partial charge is 0.395 e. The predicted octanol–water partition coefficient (Wildman–Crippen LogP) is 2.45. The number of amides is 3. The number of rotatable bonds is 6. The summed E-state index contributed by atoms with van der Waals surface area (Å²) in [5.41, 5.74) is 3.06. The number of urea groups is 1. The molecule has 10 heteroatoms. The van der Waals surface area contributed by atoms with Crippen LogP contribution in [0.25, 0.3) is 22.6 Å². The summed E-state index contributed by atoms with van der Waals surface area (Å²) in [6.07, 6.45) is 0. The summed E-state index contributed by atoms with van der Waals surface area (Å²) in [6, 6.07) is 16.2. The lowest BCUT2D eigenvalue weighted by Gasteiger charge is -2.17. The highest BCUT2D eigenvalue weighted by Gasteiger charge is 2.35. The molecule has 3 N–H and O–H groups in total. The van der Waals surface area contributed by atoms with E-state index in [4.69, 9.17) is 0 Å². The Morgan fingerprint density at radius 1 is 1.12 bits per heavy atom. The quantitative estimate of drug-likeness (QED) is 0.421. The molecule has 1 saturated heterocycles. The van der Waals surface area contributed by atoms with Gasteiger partial charge in [0, 0.05) is 32.2 Å². The summed E-state index contributed by atoms with van der Waals surface area (Å²) < 4.78 is 1.61. The molecule has 5 rings (SSSR count). The number of nitrogens with one attached hydrogen (secondary N) is 2. The molecular formula is C23H23N7O3. The van der Waals surface area contributed by atoms with Crippen LogP contribution in [-0.2, 0) is 7.05 Å². The van der Waals surface area contributed by atoms with E-state index < -0.39 is 0 Å². The molecule has 0 bridgehead atoms. The van der Waals surface area contributed by atoms with Gasteiger partial charge in [-0.3, -0.25) is 14.4 Å². The normalized spacial score (nSPS) is 13.8. The monoisotopic (exact) mass is 445 g/mol. The standard InChI is InChI=1S/C23H23N7O3/c1-28-19(20-24-16-9-5-6-10-17(16)25-20)18(26-22(32)15-7-3-2-4-8-15)21(27-28)30-12-11-29(13-14-31)23(30)33/h2-10,31H,11-14H2,1H3,(H,24,25)(H,26,32). The molecule has 0 aliphatic carbocycles. The van der Waals surface area contributed by atoms with Crippen LogP contribution in [0.1, 0.15) is 10.4 Å². The lowest BCUT2D eigenvalue weighted by atomic mass is 10.2. The summed E-state index contributed by atoms with van der Waals surface area (Å²) in [5.74, 6) is 0.545. The second-order valence-corrected chi connectivity index (χ2v) is 7.74. The number of hydrogen-bond acceptors (Lipinski definition) is 5. The van der Waals surface area contributed by atoms with Gasteiger partial charge < -0.3 is 20.3 Å². The topological polar surface area (TPSA) is 119 Å². The molecule has 0 radical (unpaired) electrons. The maximum Gasteiger partial charge on any atom is 0.325 e. The lowest BCUT2D eigenvalue weighted by Crippen LogP contribution is -2.34. The second kappa shape index (κ2) is 8.40. The number of carbonyl (C=O) groups is 2. The van der Waals surface area contributed by atoms with Crippen molar-refractivity contribution in [1.82, 2.24) is 24.6 Å². The Bertz CT molecular complexity index is 1300. The van der Waals surface area contributed by atoms with Crippen LogP contribution in [0, 0.1) is 0 Å². The second-order valence-electron chi connectivity index (χ2n) is 7.74. The van der Waals surface area contributed by atoms with Crippen molar-refractivity contribution in [2.24, 2.45) is 7.05 Å². The lowest BCUT2D eigenvalue weighted by molar-refractivity contribution is 0.102. The van der Waals surface area contributed by atoms with E-state index in [2.05, 4.69) is 20.4 Å². The maximum absolute atomic E-state index is 13.1. The number of H-pyrrole nitrogens is 1. The molecule has 0 spiro atoms. The van der Waals surface area contributed by atoms with Gasteiger partial charge in [-0.2, -0.15) is 5.10 Å². The summed E-state index contributed by atoms with van der Waals surface area (Å²) in [4.78, 5) is 37.0. The number of benzene rings is 2. The number of fused-ring (bicyclic) bond motifs is 1. The number of para-hydroxylation sites is 2. The number of aromatic nitrogens is 4. The van der Waals surface area contributed by atoms with Gasteiger partial charge in [0.15, 0.2) is 11.6 Å². The van der Waals surface area contributed by atoms with Gasteiger partial charge in [0.1, 0.15) is 11.4 Å². The first-order valence-electron chi connectivity index (χ1n) is 10.6. The average Bonchev–Trinajstić information content (AvgIpc) is 3.50. The molecule has 168 valence electrons. The first-order valence-corrected chi connectivity index (χ1v) is 10.6. The summed E-state index contributed by atoms with van der Waals surface area (Å²) in [6.45, 7) is 0.972. The van der Waals surface area contributed by atoms with Crippen LogP contribution in [-0.4, -0.2) is 67.9 Å². The molecule has 1 aliphatic heterocycles. The van der Waals surface area contributed by atoms with Crippen LogP contribution in [0.3, 0.4) is 0 Å². The van der Waals surface area contributed by atoms with Gasteiger partial charge in [-0.1, -0.05) is 30.3 Å². The molecule has 10 nitrogen and oxygen atoms in total. The third-order valence-corrected chi connectivity index (χ3v) is 5.64. The van der Waals surface area contributed by atoms with E-state index >= 15 is 0 Å². The summed E-state index contributed by atoms with van der Waals surface area (Å²) >= 11 is 0. The first kappa shape index (κ1) is 20.7. The third-order valence-electron chi connectivity index (χ3n) is 5.64. The molecule has 33 heavy (non-hydrogen) atoms. The molecule has 1 aliphatic rings. The highest BCUT2D eigenvalue weighted by atomic mass is 16.3. The zero-order chi connectivity index (χ0) is 22.9. The van der Waals surface area contributed by atoms with Gasteiger partial charge in [-0.15, -0.1) is 0 Å². The van der Waals surface area contributed by atoms with Gasteiger partial charge in [0.05, 0.1) is 17.6 Å². The zero-order valence-corrected chi connectivity index (χ0v) is 18.0. The van der Waals surface area contributed by atoms with Crippen molar-refractivity contribution < 1.29 is 14.7 Å². The molecule has 1 fully saturated rings. The SMILES string of the molecule is Cn1nc(N2CCN(CCO)C2=O)c(NC(=O)c2ccccc2)c1-c1nc2ccccc2[nH]1. The molecule has 4 aromatic rings. The van der Waals surface area contributed by atoms with Crippen molar-refractivity contribution in [1.29, 1.82) is 0 Å². The van der Waals surface area contributed by atoms with E-state index in [1.165, 1.54) is 4.90 Å². The Balaban J connectivity index is 1.61. The van der Waals surface area contributed by atoms with Gasteiger partial charge in [0.25, 0.3) is 5.91 Å². The van der Waals surface area contributed by atoms with Crippen LogP contribution in [0.5, 0.6) is 0 Å². The van der Waals surface area contributed by atoms with Crippen molar-refractivity contribution in [3.05, 3.63) is 60.2 Å². The number of anilines is 2. The van der Waals surface area contributed by atoms with Crippen LogP contribution >= 0.6 is 0 Å². The van der Waals surface area contributed by atoms with E-state index in [9.17, 15) is 14.7 Å². The minimum absolute atomic E-state index is 0.121. The van der Waals surface area contributed by atoms with Gasteiger partial charge >= 0.3 is 6.03 Å². The molecule has 0 unspecified atom stereocenters. The maximum atomic E-state index is 13.1. The van der Waals surface area contributed by atoms with Crippen LogP contribution in [0.4, 0.5) is 16.3 Å². The van der Waals surface area contributed by atoms with E-state index in [1.807, 2.05) is 30.3 Å². The van der Waals surface area contributed by atoms with Crippen molar-refractivity contribution in [3.8, 4) is 11.5 Å². The number of aromatic amines is 1. The third kappa shape index (κ3) is 3.70. The molecule has 0 saturated carbocycles. The molecule has 3 heterocycles. The number of carbonyl (C=O) groups excluding carboxylic acids is 2. The van der Waals surface area contributed by atoms with Crippen LogP contribution in [0.2, 0.25) is 0 Å². The van der Waals surface area contributed by atoms with Crippen molar-refractivity contribution >= 4 is 34.5 Å². The van der Waals surface area contributed by atoms with Crippen molar-refractivity contribution in [2.75, 3.05) is 36.5 Å². The Hall–Kier alpha value is -4.18. The smallest absolute Gasteiger partial charge is 0.325 e. The fourth-order valence-electron chi connectivity index (χ4n) is 4.03. The minimum Gasteiger partial charge on any atom is -0.395 e. The summed E-state index contributed by atoms with van der Waals surface area (Å²) in [5, 5.41) is 16.8. The molecule has 2 aromatic carbocycles. The zero-order valence-electron chi connectivity index (χ0n) is 18.0. The number of imidazole rings is 1. The minimum atomic E-state index is -0.318. The predicted molar refractivity (Wildman–Crippen MR) is 124 cm³/mol. The molecule has 3 amide bonds. The fraction of sp³-hybridized carbons (Fsp3) is 0.217. The van der Waals surface area contributed by atoms with E-state index in [0.717, 1.165) is 11.0 Å². The number of aliphatic hydroxyl groups excluding tert-OH is 1. The highest BCUT2D eigenvalue weighted by molar-refractivity contribution is 6.09. The van der Waals surface area contributed by atoms with Gasteiger partial charge in [-0.05, 0) is 24.3 Å². The van der Waals surface area contributed by atoms with Gasteiger partial charge in [-0.25, -0.2) is 9.78 Å². The molecule has 2 aromatic heterocycles. The Kier molecular flexibility index (Phi) is 5.27. The fourth-order valence-corrected chi connectivity index (χ4v) is 4.03. The summed E-state index contributed by atoms with van der Waals surface area (Å²) in [7, 11) is 1.75. The highest BCUT2D eigenvalue weighted by Crippen LogP contribution is 2.37. The van der Waals surface area contributed by atoms with E-state index in [-0.39, 0.29) is 25.1 Å². The Morgan fingerprint density at radius 2 is 1.88 bits per heavy atom. The number of nitrogens with zero attached hydrogens (tertiary/aromatic N) is 5. The first-order chi connectivity index (χ1) is 16.1. The average molecular weight is 445 g/mol. The number of aliphatic hydroxyl groups is 1. The Morgan fingerprint density at radius 3 is 2.64 bits per heavy atom. The van der Waals surface area contributed by atoms with Crippen molar-refractivity contribution in [2.45, 2.75) is 0 Å². The number of hydrogen-bond donors (Lipinski definition) is 3. The van der Waals surface area contributed by atoms with Crippen molar-refractivity contribution in [3.63, 3.8) is 0 Å². The van der Waals surface area contributed by atoms with E-state index in [0.29, 0.717) is 41.7 Å². The van der Waals surface area contributed by atoms with Crippen LogP contribution in [0.15, 0.2) is 54.6 Å². The number of aryl methyl sites for hydroxylation is 1. The molecule has 0 atom stereocenters. The van der Waals surface area contributed by atoms with Crippen LogP contribution < -0.4 is 10.2 Å².